The molecule has 0 unspecified atom stereocenters. The van der Waals surface area contributed by atoms with E-state index in [4.69, 9.17) is 4.74 Å². The fourth-order valence-corrected chi connectivity index (χ4v) is 2.57. The SMILES string of the molecule is CCCCCCNC(=O)COC(=O)c1ccccc1NS(C)(=O)=O. The van der Waals surface area contributed by atoms with E-state index < -0.39 is 22.6 Å². The second-order valence-corrected chi connectivity index (χ2v) is 7.16. The lowest BCUT2D eigenvalue weighted by Crippen LogP contribution is -2.29. The minimum Gasteiger partial charge on any atom is -0.452 e. The Kier molecular flexibility index (Phi) is 8.25. The van der Waals surface area contributed by atoms with Crippen molar-refractivity contribution in [2.45, 2.75) is 32.6 Å². The summed E-state index contributed by atoms with van der Waals surface area (Å²) in [5.74, 6) is -1.14. The van der Waals surface area contributed by atoms with E-state index in [2.05, 4.69) is 17.0 Å². The average Bonchev–Trinajstić information content (AvgIpc) is 2.51. The number of para-hydroxylation sites is 1. The Morgan fingerprint density at radius 2 is 1.83 bits per heavy atom. The predicted octanol–water partition coefficient (Wildman–Crippen LogP) is 1.91. The summed E-state index contributed by atoms with van der Waals surface area (Å²) in [6.45, 7) is 2.25. The summed E-state index contributed by atoms with van der Waals surface area (Å²) in [5.41, 5.74) is 0.170. The summed E-state index contributed by atoms with van der Waals surface area (Å²) in [4.78, 5) is 23.7. The molecule has 0 spiro atoms. The molecular formula is C16H24N2O5S. The van der Waals surface area contributed by atoms with Crippen LogP contribution in [0.3, 0.4) is 0 Å². The molecule has 7 nitrogen and oxygen atoms in total. The molecule has 8 heteroatoms. The van der Waals surface area contributed by atoms with Crippen LogP contribution < -0.4 is 10.0 Å². The number of hydrogen-bond acceptors (Lipinski definition) is 5. The van der Waals surface area contributed by atoms with Crippen LogP contribution in [0.15, 0.2) is 24.3 Å². The minimum absolute atomic E-state index is 0.0543. The van der Waals surface area contributed by atoms with Crippen LogP contribution in [0, 0.1) is 0 Å². The molecule has 0 aliphatic rings. The summed E-state index contributed by atoms with van der Waals surface area (Å²) in [7, 11) is -3.52. The normalized spacial score (nSPS) is 10.9. The third-order valence-corrected chi connectivity index (χ3v) is 3.72. The van der Waals surface area contributed by atoms with Gasteiger partial charge >= 0.3 is 5.97 Å². The first kappa shape index (κ1) is 20.0. The molecule has 0 aliphatic carbocycles. The Labute approximate surface area is 142 Å². The first-order valence-corrected chi connectivity index (χ1v) is 9.73. The standard InChI is InChI=1S/C16H24N2O5S/c1-3-4-5-8-11-17-15(19)12-23-16(20)13-9-6-7-10-14(13)18-24(2,21)22/h6-7,9-10,18H,3-5,8,11-12H2,1-2H3,(H,17,19). The number of amides is 1. The van der Waals surface area contributed by atoms with Gasteiger partial charge in [-0.3, -0.25) is 9.52 Å². The summed E-state index contributed by atoms with van der Waals surface area (Å²) in [6, 6.07) is 6.05. The fraction of sp³-hybridized carbons (Fsp3) is 0.500. The number of hydrogen-bond donors (Lipinski definition) is 2. The van der Waals surface area contributed by atoms with Crippen LogP contribution in [0.1, 0.15) is 43.0 Å². The van der Waals surface area contributed by atoms with E-state index in [1.807, 2.05) is 0 Å². The third-order valence-electron chi connectivity index (χ3n) is 3.13. The Balaban J connectivity index is 2.49. The van der Waals surface area contributed by atoms with E-state index in [0.29, 0.717) is 6.54 Å². The number of nitrogens with one attached hydrogen (secondary N) is 2. The van der Waals surface area contributed by atoms with Gasteiger partial charge in [-0.1, -0.05) is 38.3 Å². The van der Waals surface area contributed by atoms with Crippen LogP contribution in [0.4, 0.5) is 5.69 Å². The van der Waals surface area contributed by atoms with Crippen LogP contribution in [-0.2, 0) is 19.6 Å². The van der Waals surface area contributed by atoms with E-state index in [9.17, 15) is 18.0 Å². The van der Waals surface area contributed by atoms with Gasteiger partial charge in [0.1, 0.15) is 0 Å². The summed E-state index contributed by atoms with van der Waals surface area (Å²) < 4.78 is 29.8. The molecule has 2 N–H and O–H groups in total. The molecule has 1 aromatic rings. The number of unbranched alkanes of at least 4 members (excludes halogenated alkanes) is 3. The second-order valence-electron chi connectivity index (χ2n) is 5.41. The van der Waals surface area contributed by atoms with E-state index in [0.717, 1.165) is 31.9 Å². The van der Waals surface area contributed by atoms with Gasteiger partial charge in [-0.2, -0.15) is 0 Å². The topological polar surface area (TPSA) is 102 Å². The highest BCUT2D eigenvalue weighted by Crippen LogP contribution is 2.17. The maximum Gasteiger partial charge on any atom is 0.340 e. The summed E-state index contributed by atoms with van der Waals surface area (Å²) in [5, 5.41) is 2.67. The third kappa shape index (κ3) is 7.96. The number of carbonyl (C=O) groups is 2. The zero-order valence-electron chi connectivity index (χ0n) is 14.0. The summed E-state index contributed by atoms with van der Waals surface area (Å²) >= 11 is 0. The second kappa shape index (κ2) is 9.92. The molecule has 0 atom stereocenters. The number of ether oxygens (including phenoxy) is 1. The van der Waals surface area contributed by atoms with E-state index in [1.165, 1.54) is 12.1 Å². The smallest absolute Gasteiger partial charge is 0.340 e. The zero-order chi connectivity index (χ0) is 18.0. The van der Waals surface area contributed by atoms with Crippen molar-refractivity contribution in [2.24, 2.45) is 0 Å². The van der Waals surface area contributed by atoms with Gasteiger partial charge in [-0.25, -0.2) is 13.2 Å². The van der Waals surface area contributed by atoms with Gasteiger partial charge in [0.2, 0.25) is 10.0 Å². The number of carbonyl (C=O) groups excluding carboxylic acids is 2. The molecule has 0 heterocycles. The fourth-order valence-electron chi connectivity index (χ4n) is 1.99. The van der Waals surface area contributed by atoms with Crippen LogP contribution in [0.2, 0.25) is 0 Å². The van der Waals surface area contributed by atoms with Gasteiger partial charge in [-0.05, 0) is 18.6 Å². The molecule has 1 amide bonds. The van der Waals surface area contributed by atoms with Gasteiger partial charge < -0.3 is 10.1 Å². The van der Waals surface area contributed by atoms with Crippen molar-refractivity contribution in [2.75, 3.05) is 24.1 Å². The van der Waals surface area contributed by atoms with Gasteiger partial charge in [0.25, 0.3) is 5.91 Å². The van der Waals surface area contributed by atoms with Crippen molar-refractivity contribution in [1.82, 2.24) is 5.32 Å². The molecule has 24 heavy (non-hydrogen) atoms. The molecule has 0 fully saturated rings. The largest absolute Gasteiger partial charge is 0.452 e. The number of sulfonamides is 1. The molecule has 134 valence electrons. The Bertz CT molecular complexity index is 658. The Hall–Kier alpha value is -2.09. The van der Waals surface area contributed by atoms with Crippen LogP contribution >= 0.6 is 0 Å². The lowest BCUT2D eigenvalue weighted by molar-refractivity contribution is -0.124. The predicted molar refractivity (Wildman–Crippen MR) is 92.3 cm³/mol. The highest BCUT2D eigenvalue weighted by molar-refractivity contribution is 7.92. The molecule has 0 saturated carbocycles. The highest BCUT2D eigenvalue weighted by atomic mass is 32.2. The maximum absolute atomic E-state index is 12.0. The average molecular weight is 356 g/mol. The molecule has 0 radical (unpaired) electrons. The molecule has 1 aromatic carbocycles. The van der Waals surface area contributed by atoms with Crippen LogP contribution in [0.5, 0.6) is 0 Å². The Morgan fingerprint density at radius 3 is 2.50 bits per heavy atom. The molecule has 0 saturated heterocycles. The maximum atomic E-state index is 12.0. The van der Waals surface area contributed by atoms with Crippen molar-refractivity contribution in [3.8, 4) is 0 Å². The number of benzene rings is 1. The summed E-state index contributed by atoms with van der Waals surface area (Å²) in [6.07, 6.45) is 5.15. The van der Waals surface area contributed by atoms with Crippen molar-refractivity contribution in [3.63, 3.8) is 0 Å². The first-order valence-electron chi connectivity index (χ1n) is 7.84. The van der Waals surface area contributed by atoms with E-state index >= 15 is 0 Å². The minimum atomic E-state index is -3.52. The van der Waals surface area contributed by atoms with Crippen molar-refractivity contribution in [3.05, 3.63) is 29.8 Å². The number of anilines is 1. The van der Waals surface area contributed by atoms with Crippen molar-refractivity contribution in [1.29, 1.82) is 0 Å². The van der Waals surface area contributed by atoms with Crippen molar-refractivity contribution >= 4 is 27.6 Å². The zero-order valence-corrected chi connectivity index (χ0v) is 14.8. The first-order chi connectivity index (χ1) is 11.3. The number of esters is 1. The number of rotatable bonds is 10. The molecular weight excluding hydrogens is 332 g/mol. The molecule has 0 bridgehead atoms. The van der Waals surface area contributed by atoms with E-state index in [-0.39, 0.29) is 17.2 Å². The van der Waals surface area contributed by atoms with Crippen LogP contribution in [-0.4, -0.2) is 39.7 Å². The highest BCUT2D eigenvalue weighted by Gasteiger charge is 2.16. The lowest BCUT2D eigenvalue weighted by atomic mass is 10.2. The van der Waals surface area contributed by atoms with Crippen LogP contribution in [0.25, 0.3) is 0 Å². The van der Waals surface area contributed by atoms with Crippen molar-refractivity contribution < 1.29 is 22.7 Å². The van der Waals surface area contributed by atoms with E-state index in [1.54, 1.807) is 12.1 Å². The Morgan fingerprint density at radius 1 is 1.12 bits per heavy atom. The van der Waals surface area contributed by atoms with Gasteiger partial charge in [-0.15, -0.1) is 0 Å². The van der Waals surface area contributed by atoms with Gasteiger partial charge in [0.05, 0.1) is 17.5 Å². The molecule has 1 rings (SSSR count). The monoisotopic (exact) mass is 356 g/mol. The quantitative estimate of drug-likeness (QED) is 0.492. The molecule has 0 aliphatic heterocycles. The van der Waals surface area contributed by atoms with Gasteiger partial charge in [0, 0.05) is 6.54 Å². The van der Waals surface area contributed by atoms with Gasteiger partial charge in [0.15, 0.2) is 6.61 Å². The lowest BCUT2D eigenvalue weighted by Gasteiger charge is -2.10. The molecule has 0 aromatic heterocycles.